The molecule has 0 spiro atoms. The highest BCUT2D eigenvalue weighted by atomic mass is 16.6. The monoisotopic (exact) mass is 318 g/mol. The second-order valence-corrected chi connectivity index (χ2v) is 6.61. The van der Waals surface area contributed by atoms with E-state index in [9.17, 15) is 14.7 Å². The van der Waals surface area contributed by atoms with Gasteiger partial charge in [-0.3, -0.25) is 9.59 Å². The van der Waals surface area contributed by atoms with Crippen LogP contribution in [0.1, 0.15) is 25.8 Å². The van der Waals surface area contributed by atoms with Gasteiger partial charge in [-0.2, -0.15) is 0 Å². The normalized spacial score (nSPS) is 36.2. The number of carbonyl (C=O) groups excluding carboxylic acids is 2. The Kier molecular flexibility index (Phi) is 4.39. The molecule has 0 aromatic heterocycles. The predicted octanol–water partition coefficient (Wildman–Crippen LogP) is 1.92. The lowest BCUT2D eigenvalue weighted by atomic mass is 9.65. The Morgan fingerprint density at radius 1 is 1.30 bits per heavy atom. The van der Waals surface area contributed by atoms with Crippen LogP contribution in [0.2, 0.25) is 0 Å². The first kappa shape index (κ1) is 16.0. The summed E-state index contributed by atoms with van der Waals surface area (Å²) in [4.78, 5) is 24.6. The van der Waals surface area contributed by atoms with Gasteiger partial charge in [0.25, 0.3) is 0 Å². The molecular formula is C18H22O5. The van der Waals surface area contributed by atoms with Crippen molar-refractivity contribution in [3.05, 3.63) is 35.9 Å². The van der Waals surface area contributed by atoms with Crippen LogP contribution in [-0.2, 0) is 25.7 Å². The number of ether oxygens (including phenoxy) is 2. The molecule has 124 valence electrons. The fourth-order valence-electron chi connectivity index (χ4n) is 3.89. The molecule has 0 bridgehead atoms. The summed E-state index contributed by atoms with van der Waals surface area (Å²) in [5, 5.41) is 10.2. The number of rotatable bonds is 3. The second-order valence-electron chi connectivity index (χ2n) is 6.61. The first-order valence-electron chi connectivity index (χ1n) is 8.08. The molecule has 23 heavy (non-hydrogen) atoms. The van der Waals surface area contributed by atoms with E-state index in [1.54, 1.807) is 0 Å². The lowest BCUT2D eigenvalue weighted by Gasteiger charge is -2.39. The van der Waals surface area contributed by atoms with E-state index in [1.165, 1.54) is 0 Å². The van der Waals surface area contributed by atoms with Gasteiger partial charge in [0.05, 0.1) is 17.9 Å². The molecular weight excluding hydrogens is 296 g/mol. The van der Waals surface area contributed by atoms with Crippen LogP contribution in [0.4, 0.5) is 0 Å². The third-order valence-corrected chi connectivity index (χ3v) is 5.19. The molecule has 1 aliphatic heterocycles. The lowest BCUT2D eigenvalue weighted by Crippen LogP contribution is -2.47. The van der Waals surface area contributed by atoms with E-state index in [4.69, 9.17) is 9.47 Å². The van der Waals surface area contributed by atoms with Crippen molar-refractivity contribution >= 4 is 11.9 Å². The Balaban J connectivity index is 1.75. The molecule has 1 aromatic carbocycles. The molecule has 1 aromatic rings. The smallest absolute Gasteiger partial charge is 0.310 e. The standard InChI is InChI=1S/C18H22O5/c1-10-14(19)8-13-16(11(2)23-17(13)20)15(10)18(21)22-9-12-6-4-3-5-7-12/h3-7,10-11,13-16,19H,8-9H2,1-2H3/t10-,11-,13-,14-,15+,16-/m1/s1. The number of aliphatic hydroxyl groups excluding tert-OH is 1. The van der Waals surface area contributed by atoms with Crippen LogP contribution in [0.15, 0.2) is 30.3 Å². The van der Waals surface area contributed by atoms with Gasteiger partial charge in [-0.25, -0.2) is 0 Å². The highest BCUT2D eigenvalue weighted by Gasteiger charge is 2.56. The number of hydrogen-bond acceptors (Lipinski definition) is 5. The minimum absolute atomic E-state index is 0.194. The number of fused-ring (bicyclic) bond motifs is 1. The highest BCUT2D eigenvalue weighted by molar-refractivity contribution is 5.80. The molecule has 0 amide bonds. The summed E-state index contributed by atoms with van der Waals surface area (Å²) in [7, 11) is 0. The molecule has 1 N–H and O–H groups in total. The molecule has 6 atom stereocenters. The summed E-state index contributed by atoms with van der Waals surface area (Å²) in [6, 6.07) is 9.45. The number of benzene rings is 1. The highest BCUT2D eigenvalue weighted by Crippen LogP contribution is 2.46. The largest absolute Gasteiger partial charge is 0.462 e. The molecule has 2 fully saturated rings. The average molecular weight is 318 g/mol. The number of carbonyl (C=O) groups is 2. The van der Waals surface area contributed by atoms with Crippen molar-refractivity contribution in [3.8, 4) is 0 Å². The maximum atomic E-state index is 12.6. The van der Waals surface area contributed by atoms with E-state index in [0.717, 1.165) is 5.56 Å². The van der Waals surface area contributed by atoms with Crippen LogP contribution in [-0.4, -0.2) is 29.3 Å². The van der Waals surface area contributed by atoms with Crippen molar-refractivity contribution < 1.29 is 24.2 Å². The number of esters is 2. The molecule has 5 nitrogen and oxygen atoms in total. The summed E-state index contributed by atoms with van der Waals surface area (Å²) in [5.41, 5.74) is 0.910. The molecule has 3 rings (SSSR count). The second kappa shape index (κ2) is 6.32. The first-order chi connectivity index (χ1) is 11.0. The maximum absolute atomic E-state index is 12.6. The quantitative estimate of drug-likeness (QED) is 0.862. The zero-order valence-electron chi connectivity index (χ0n) is 13.3. The minimum atomic E-state index is -0.691. The van der Waals surface area contributed by atoms with E-state index >= 15 is 0 Å². The predicted molar refractivity (Wildman–Crippen MR) is 82.0 cm³/mol. The zero-order valence-corrected chi connectivity index (χ0v) is 13.3. The zero-order chi connectivity index (χ0) is 16.6. The first-order valence-corrected chi connectivity index (χ1v) is 8.08. The third kappa shape index (κ3) is 2.98. The number of aliphatic hydroxyl groups is 1. The summed E-state index contributed by atoms with van der Waals surface area (Å²) < 4.78 is 10.8. The van der Waals surface area contributed by atoms with Gasteiger partial charge in [0.1, 0.15) is 12.7 Å². The van der Waals surface area contributed by atoms with Crippen molar-refractivity contribution in [2.24, 2.45) is 23.7 Å². The van der Waals surface area contributed by atoms with Crippen molar-refractivity contribution in [1.82, 2.24) is 0 Å². The molecule has 0 unspecified atom stereocenters. The summed E-state index contributed by atoms with van der Waals surface area (Å²) in [6.07, 6.45) is -0.655. The molecule has 0 radical (unpaired) electrons. The van der Waals surface area contributed by atoms with Gasteiger partial charge in [0.2, 0.25) is 0 Å². The molecule has 1 heterocycles. The van der Waals surface area contributed by atoms with Gasteiger partial charge in [0.15, 0.2) is 0 Å². The molecule has 1 saturated heterocycles. The third-order valence-electron chi connectivity index (χ3n) is 5.19. The Morgan fingerprint density at radius 3 is 2.70 bits per heavy atom. The van der Waals surface area contributed by atoms with Crippen molar-refractivity contribution in [1.29, 1.82) is 0 Å². The van der Waals surface area contributed by atoms with Crippen LogP contribution in [0.25, 0.3) is 0 Å². The van der Waals surface area contributed by atoms with Gasteiger partial charge < -0.3 is 14.6 Å². The van der Waals surface area contributed by atoms with Crippen LogP contribution >= 0.6 is 0 Å². The van der Waals surface area contributed by atoms with Crippen LogP contribution in [0.3, 0.4) is 0 Å². The Bertz CT molecular complexity index is 584. The Morgan fingerprint density at radius 2 is 2.00 bits per heavy atom. The Hall–Kier alpha value is -1.88. The molecule has 1 aliphatic carbocycles. The van der Waals surface area contributed by atoms with E-state index < -0.39 is 17.9 Å². The fraction of sp³-hybridized carbons (Fsp3) is 0.556. The average Bonchev–Trinajstić information content (AvgIpc) is 2.81. The van der Waals surface area contributed by atoms with Gasteiger partial charge in [0, 0.05) is 5.92 Å². The SMILES string of the molecule is C[C@H]1[C@H](C(=O)OCc2ccccc2)[C@@H]2[C@@H](C)OC(=O)[C@@H]2C[C@H]1O. The minimum Gasteiger partial charge on any atom is -0.462 e. The maximum Gasteiger partial charge on any atom is 0.310 e. The van der Waals surface area contributed by atoms with Crippen LogP contribution < -0.4 is 0 Å². The van der Waals surface area contributed by atoms with E-state index in [0.29, 0.717) is 6.42 Å². The van der Waals surface area contributed by atoms with E-state index in [2.05, 4.69) is 0 Å². The number of hydrogen-bond donors (Lipinski definition) is 1. The van der Waals surface area contributed by atoms with Crippen molar-refractivity contribution in [2.45, 2.75) is 39.1 Å². The van der Waals surface area contributed by atoms with Gasteiger partial charge >= 0.3 is 11.9 Å². The Labute approximate surface area is 135 Å². The summed E-state index contributed by atoms with van der Waals surface area (Å²) in [5.74, 6) is -2.07. The van der Waals surface area contributed by atoms with Crippen LogP contribution in [0.5, 0.6) is 0 Å². The van der Waals surface area contributed by atoms with Gasteiger partial charge in [-0.15, -0.1) is 0 Å². The number of cyclic esters (lactones) is 1. The van der Waals surface area contributed by atoms with E-state index in [1.807, 2.05) is 44.2 Å². The lowest BCUT2D eigenvalue weighted by molar-refractivity contribution is -0.161. The van der Waals surface area contributed by atoms with Crippen molar-refractivity contribution in [2.75, 3.05) is 0 Å². The van der Waals surface area contributed by atoms with Crippen LogP contribution in [0, 0.1) is 23.7 Å². The van der Waals surface area contributed by atoms with E-state index in [-0.39, 0.29) is 36.5 Å². The van der Waals surface area contributed by atoms with Gasteiger partial charge in [-0.1, -0.05) is 37.3 Å². The topological polar surface area (TPSA) is 72.8 Å². The fourth-order valence-corrected chi connectivity index (χ4v) is 3.89. The summed E-state index contributed by atoms with van der Waals surface area (Å²) >= 11 is 0. The molecule has 1 saturated carbocycles. The molecule has 5 heteroatoms. The summed E-state index contributed by atoms with van der Waals surface area (Å²) in [6.45, 7) is 3.84. The molecule has 2 aliphatic rings. The van der Waals surface area contributed by atoms with Gasteiger partial charge in [-0.05, 0) is 24.8 Å². The van der Waals surface area contributed by atoms with Crippen molar-refractivity contribution in [3.63, 3.8) is 0 Å².